The van der Waals surface area contributed by atoms with Crippen LogP contribution in [-0.2, 0) is 0 Å². The molecule has 4 heteroatoms. The van der Waals surface area contributed by atoms with Gasteiger partial charge in [0.25, 0.3) is 0 Å². The summed E-state index contributed by atoms with van der Waals surface area (Å²) in [6.45, 7) is 2.02. The van der Waals surface area contributed by atoms with Gasteiger partial charge in [-0.25, -0.2) is 4.39 Å². The highest BCUT2D eigenvalue weighted by atomic mass is 19.1. The summed E-state index contributed by atoms with van der Waals surface area (Å²) in [5, 5.41) is 3.94. The molecule has 0 radical (unpaired) electrons. The van der Waals surface area contributed by atoms with Crippen LogP contribution in [0.2, 0.25) is 0 Å². The highest BCUT2D eigenvalue weighted by Gasteiger charge is 2.18. The predicted molar refractivity (Wildman–Crippen MR) is 76.0 cm³/mol. The first-order valence-electron chi connectivity index (χ1n) is 6.46. The lowest BCUT2D eigenvalue weighted by Gasteiger charge is -2.13. The van der Waals surface area contributed by atoms with Crippen LogP contribution in [0.4, 0.5) is 4.39 Å². The van der Waals surface area contributed by atoms with Crippen LogP contribution in [0, 0.1) is 12.7 Å². The molecule has 0 saturated heterocycles. The van der Waals surface area contributed by atoms with Crippen molar-refractivity contribution < 1.29 is 8.81 Å². The van der Waals surface area contributed by atoms with Gasteiger partial charge >= 0.3 is 0 Å². The Morgan fingerprint density at radius 2 is 2.05 bits per heavy atom. The van der Waals surface area contributed by atoms with Gasteiger partial charge in [-0.3, -0.25) is 4.98 Å². The third-order valence-corrected chi connectivity index (χ3v) is 3.30. The van der Waals surface area contributed by atoms with E-state index in [1.165, 1.54) is 12.1 Å². The van der Waals surface area contributed by atoms with Gasteiger partial charge in [0.2, 0.25) is 0 Å². The summed E-state index contributed by atoms with van der Waals surface area (Å²) in [5.74, 6) is 0.464. The minimum absolute atomic E-state index is 0.148. The maximum Gasteiger partial charge on any atom is 0.134 e. The summed E-state index contributed by atoms with van der Waals surface area (Å²) in [6.07, 6.45) is 1.78. The lowest BCUT2D eigenvalue weighted by molar-refractivity contribution is 0.485. The Kier molecular flexibility index (Phi) is 3.24. The Labute approximate surface area is 116 Å². The largest absolute Gasteiger partial charge is 0.459 e. The molecule has 2 aromatic heterocycles. The molecule has 3 rings (SSSR count). The number of nitrogens with one attached hydrogen (secondary N) is 1. The summed E-state index contributed by atoms with van der Waals surface area (Å²) < 4.78 is 19.0. The zero-order valence-corrected chi connectivity index (χ0v) is 11.4. The molecule has 0 bridgehead atoms. The normalized spacial score (nSPS) is 12.8. The summed E-state index contributed by atoms with van der Waals surface area (Å²) in [5.41, 5.74) is 2.69. The molecule has 0 saturated carbocycles. The molecule has 102 valence electrons. The van der Waals surface area contributed by atoms with Crippen LogP contribution in [0.3, 0.4) is 0 Å². The lowest BCUT2D eigenvalue weighted by atomic mass is 10.1. The van der Waals surface area contributed by atoms with Crippen LogP contribution in [0.15, 0.2) is 47.0 Å². The molecule has 3 nitrogen and oxygen atoms in total. The molecule has 0 amide bonds. The van der Waals surface area contributed by atoms with E-state index in [1.54, 1.807) is 12.3 Å². The van der Waals surface area contributed by atoms with E-state index in [9.17, 15) is 4.39 Å². The van der Waals surface area contributed by atoms with Crippen molar-refractivity contribution in [3.05, 3.63) is 65.4 Å². The van der Waals surface area contributed by atoms with Crippen molar-refractivity contribution in [3.8, 4) is 0 Å². The quantitative estimate of drug-likeness (QED) is 0.790. The minimum Gasteiger partial charge on any atom is -0.459 e. The molecule has 3 aromatic rings. The summed E-state index contributed by atoms with van der Waals surface area (Å²) >= 11 is 0. The number of benzene rings is 1. The van der Waals surface area contributed by atoms with Gasteiger partial charge in [-0.15, -0.1) is 0 Å². The maximum atomic E-state index is 13.2. The number of nitrogens with zero attached hydrogens (tertiary/aromatic N) is 1. The molecule has 1 atom stereocenters. The molecule has 1 N–H and O–H groups in total. The van der Waals surface area contributed by atoms with Crippen LogP contribution in [0.1, 0.15) is 23.1 Å². The second-order valence-corrected chi connectivity index (χ2v) is 4.81. The highest BCUT2D eigenvalue weighted by Crippen LogP contribution is 2.27. The molecule has 0 aliphatic carbocycles. The van der Waals surface area contributed by atoms with Crippen molar-refractivity contribution in [1.82, 2.24) is 10.3 Å². The molecule has 0 aliphatic heterocycles. The van der Waals surface area contributed by atoms with E-state index < -0.39 is 0 Å². The Balaban J connectivity index is 2.07. The monoisotopic (exact) mass is 270 g/mol. The third-order valence-electron chi connectivity index (χ3n) is 3.30. The second kappa shape index (κ2) is 5.06. The zero-order chi connectivity index (χ0) is 14.1. The van der Waals surface area contributed by atoms with E-state index in [0.717, 1.165) is 22.4 Å². The fourth-order valence-electron chi connectivity index (χ4n) is 2.33. The van der Waals surface area contributed by atoms with E-state index in [4.69, 9.17) is 4.42 Å². The Hall–Kier alpha value is -2.20. The van der Waals surface area contributed by atoms with Crippen LogP contribution in [-0.4, -0.2) is 12.0 Å². The van der Waals surface area contributed by atoms with Crippen LogP contribution >= 0.6 is 0 Å². The first-order valence-corrected chi connectivity index (χ1v) is 6.46. The van der Waals surface area contributed by atoms with Gasteiger partial charge in [0.1, 0.15) is 23.2 Å². The van der Waals surface area contributed by atoms with Gasteiger partial charge in [-0.2, -0.15) is 0 Å². The Morgan fingerprint density at radius 1 is 1.20 bits per heavy atom. The topological polar surface area (TPSA) is 38.1 Å². The van der Waals surface area contributed by atoms with Crippen molar-refractivity contribution in [2.24, 2.45) is 0 Å². The number of rotatable bonds is 3. The summed E-state index contributed by atoms with van der Waals surface area (Å²) in [6, 6.07) is 10.2. The van der Waals surface area contributed by atoms with Gasteiger partial charge < -0.3 is 9.73 Å². The van der Waals surface area contributed by atoms with Crippen molar-refractivity contribution >= 4 is 11.0 Å². The number of aromatic nitrogens is 1. The molecule has 1 unspecified atom stereocenters. The smallest absolute Gasteiger partial charge is 0.134 e. The number of hydrogen-bond acceptors (Lipinski definition) is 3. The van der Waals surface area contributed by atoms with E-state index in [1.807, 2.05) is 32.2 Å². The molecule has 0 fully saturated rings. The summed E-state index contributed by atoms with van der Waals surface area (Å²) in [7, 11) is 1.85. The second-order valence-electron chi connectivity index (χ2n) is 4.81. The molecule has 20 heavy (non-hydrogen) atoms. The molecule has 2 heterocycles. The van der Waals surface area contributed by atoms with Crippen LogP contribution < -0.4 is 5.32 Å². The first kappa shape index (κ1) is 12.8. The Morgan fingerprint density at radius 3 is 2.80 bits per heavy atom. The molecule has 0 spiro atoms. The number of furan rings is 1. The number of halogens is 1. The average molecular weight is 270 g/mol. The molecular weight excluding hydrogens is 255 g/mol. The number of fused-ring (bicyclic) bond motifs is 1. The first-order chi connectivity index (χ1) is 9.67. The fraction of sp³-hybridized carbons (Fsp3) is 0.188. The van der Waals surface area contributed by atoms with Gasteiger partial charge in [0, 0.05) is 11.6 Å². The van der Waals surface area contributed by atoms with E-state index >= 15 is 0 Å². The van der Waals surface area contributed by atoms with Crippen molar-refractivity contribution in [2.75, 3.05) is 7.05 Å². The third kappa shape index (κ3) is 2.30. The van der Waals surface area contributed by atoms with Gasteiger partial charge in [0.05, 0.1) is 5.69 Å². The van der Waals surface area contributed by atoms with Gasteiger partial charge in [-0.1, -0.05) is 0 Å². The van der Waals surface area contributed by atoms with E-state index in [2.05, 4.69) is 10.3 Å². The van der Waals surface area contributed by atoms with Gasteiger partial charge in [-0.05, 0) is 55.9 Å². The summed E-state index contributed by atoms with van der Waals surface area (Å²) in [4.78, 5) is 4.38. The van der Waals surface area contributed by atoms with Gasteiger partial charge in [0.15, 0.2) is 0 Å². The van der Waals surface area contributed by atoms with Crippen LogP contribution in [0.25, 0.3) is 11.0 Å². The zero-order valence-electron chi connectivity index (χ0n) is 11.4. The van der Waals surface area contributed by atoms with Crippen molar-refractivity contribution in [1.29, 1.82) is 0 Å². The fourth-order valence-corrected chi connectivity index (χ4v) is 2.33. The van der Waals surface area contributed by atoms with Crippen LogP contribution in [0.5, 0.6) is 0 Å². The maximum absolute atomic E-state index is 13.2. The number of aryl methyl sites for hydroxylation is 1. The average Bonchev–Trinajstić information content (AvgIpc) is 2.82. The Bertz CT molecular complexity index is 751. The molecule has 1 aromatic carbocycles. The number of pyridine rings is 1. The lowest BCUT2D eigenvalue weighted by Crippen LogP contribution is -2.18. The van der Waals surface area contributed by atoms with E-state index in [0.29, 0.717) is 5.58 Å². The standard InChI is InChI=1S/C16H15FN2O/c1-10-5-6-19-13(7-10)16(18-2)15-9-11-8-12(17)3-4-14(11)20-15/h3-9,16,18H,1-2H3. The SMILES string of the molecule is CNC(c1cc(C)ccn1)c1cc2cc(F)ccc2o1. The predicted octanol–water partition coefficient (Wildman–Crippen LogP) is 3.58. The van der Waals surface area contributed by atoms with Crippen molar-refractivity contribution in [3.63, 3.8) is 0 Å². The molecule has 0 aliphatic rings. The van der Waals surface area contributed by atoms with Crippen molar-refractivity contribution in [2.45, 2.75) is 13.0 Å². The highest BCUT2D eigenvalue weighted by molar-refractivity contribution is 5.78. The minimum atomic E-state index is -0.264. The van der Waals surface area contributed by atoms with E-state index in [-0.39, 0.29) is 11.9 Å². The molecular formula is C16H15FN2O. The number of hydrogen-bond donors (Lipinski definition) is 1.